The van der Waals surface area contributed by atoms with Gasteiger partial charge in [0.15, 0.2) is 0 Å². The number of unbranched alkanes of at least 4 members (excludes halogenated alkanes) is 1. The Bertz CT molecular complexity index is 1500. The lowest BCUT2D eigenvalue weighted by Crippen LogP contribution is -2.39. The quantitative estimate of drug-likeness (QED) is 0.208. The van der Waals surface area contributed by atoms with E-state index in [0.717, 1.165) is 73.2 Å². The minimum atomic E-state index is -0.100. The van der Waals surface area contributed by atoms with Crippen molar-refractivity contribution < 1.29 is 14.4 Å². The first-order valence-electron chi connectivity index (χ1n) is 17.2. The van der Waals surface area contributed by atoms with Gasteiger partial charge in [0.25, 0.3) is 5.91 Å². The Hall–Kier alpha value is -4.38. The van der Waals surface area contributed by atoms with Gasteiger partial charge in [-0.15, -0.1) is 0 Å². The van der Waals surface area contributed by atoms with Crippen LogP contribution in [0.3, 0.4) is 0 Å². The van der Waals surface area contributed by atoms with Gasteiger partial charge in [0.2, 0.25) is 12.3 Å². The zero-order valence-electron chi connectivity index (χ0n) is 29.8. The van der Waals surface area contributed by atoms with Crippen LogP contribution in [0.15, 0.2) is 68.6 Å². The first-order valence-corrected chi connectivity index (χ1v) is 17.2. The number of nitrogens with zero attached hydrogens (tertiary/aromatic N) is 5. The highest BCUT2D eigenvalue weighted by Crippen LogP contribution is 2.27. The van der Waals surface area contributed by atoms with Gasteiger partial charge in [-0.05, 0) is 103 Å². The zero-order chi connectivity index (χ0) is 35.1. The van der Waals surface area contributed by atoms with Crippen molar-refractivity contribution in [3.05, 3.63) is 69.9 Å². The van der Waals surface area contributed by atoms with Crippen LogP contribution in [-0.2, 0) is 9.59 Å². The fourth-order valence-corrected chi connectivity index (χ4v) is 5.32. The minimum absolute atomic E-state index is 0.0106. The van der Waals surface area contributed by atoms with E-state index in [-0.39, 0.29) is 23.9 Å². The molecule has 2 atom stereocenters. The summed E-state index contributed by atoms with van der Waals surface area (Å²) in [6.45, 7) is 17.1. The molecule has 1 fully saturated rings. The second-order valence-corrected chi connectivity index (χ2v) is 12.7. The molecule has 48 heavy (non-hydrogen) atoms. The smallest absolute Gasteiger partial charge is 0.270 e. The first kappa shape index (κ1) is 38.1. The summed E-state index contributed by atoms with van der Waals surface area (Å²) in [5, 5.41) is 13.0. The van der Waals surface area contributed by atoms with E-state index in [1.54, 1.807) is 10.9 Å². The summed E-state index contributed by atoms with van der Waals surface area (Å²) in [5.41, 5.74) is 6.63. The second kappa shape index (κ2) is 19.4. The average Bonchev–Trinajstić information content (AvgIpc) is 3.54. The van der Waals surface area contributed by atoms with Crippen LogP contribution in [0.4, 0.5) is 0 Å². The van der Waals surface area contributed by atoms with Gasteiger partial charge >= 0.3 is 0 Å². The molecule has 3 aliphatic heterocycles. The molecule has 0 spiro atoms. The van der Waals surface area contributed by atoms with Gasteiger partial charge in [0, 0.05) is 30.4 Å². The van der Waals surface area contributed by atoms with E-state index in [9.17, 15) is 14.4 Å². The molecule has 1 aromatic heterocycles. The Morgan fingerprint density at radius 2 is 1.83 bits per heavy atom. The number of rotatable bonds is 11. The molecule has 11 heteroatoms. The van der Waals surface area contributed by atoms with Crippen LogP contribution < -0.4 is 16.0 Å². The number of amides is 3. The SMILES string of the molecule is CCC/C=C/C(=C\C(NC=O)=C(C)C)NC(=O)CN1CCCCC1.CCC1\C=C(c2cnn3c2C(=O)NCC3C)/N=C\C(C)=C(/C)C=N1. The van der Waals surface area contributed by atoms with Crippen molar-refractivity contribution in [3.63, 3.8) is 0 Å². The van der Waals surface area contributed by atoms with Crippen molar-refractivity contribution >= 4 is 36.4 Å². The number of nitrogens with one attached hydrogen (secondary N) is 3. The largest absolute Gasteiger partial charge is 0.349 e. The first-order chi connectivity index (χ1) is 23.1. The molecule has 4 heterocycles. The molecule has 0 bridgehead atoms. The predicted octanol–water partition coefficient (Wildman–Crippen LogP) is 5.67. The van der Waals surface area contributed by atoms with Crippen molar-refractivity contribution in [1.29, 1.82) is 0 Å². The number of allylic oxidation sites excluding steroid dienone is 6. The van der Waals surface area contributed by atoms with Gasteiger partial charge in [0.1, 0.15) is 5.69 Å². The molecule has 3 aliphatic rings. The number of carbonyl (C=O) groups is 3. The number of carbonyl (C=O) groups excluding carboxylic acids is 3. The Morgan fingerprint density at radius 3 is 2.50 bits per heavy atom. The van der Waals surface area contributed by atoms with Crippen molar-refractivity contribution in [1.82, 2.24) is 30.6 Å². The number of aromatic nitrogens is 2. The molecule has 260 valence electrons. The summed E-state index contributed by atoms with van der Waals surface area (Å²) in [5.74, 6) is -0.111. The molecule has 0 saturated carbocycles. The molecule has 0 aromatic carbocycles. The Balaban J connectivity index is 0.000000260. The van der Waals surface area contributed by atoms with Crippen LogP contribution in [0.25, 0.3) is 5.70 Å². The van der Waals surface area contributed by atoms with E-state index >= 15 is 0 Å². The average molecular weight is 659 g/mol. The fourth-order valence-electron chi connectivity index (χ4n) is 5.32. The van der Waals surface area contributed by atoms with Gasteiger partial charge in [-0.25, -0.2) is 0 Å². The third-order valence-electron chi connectivity index (χ3n) is 8.41. The highest BCUT2D eigenvalue weighted by molar-refractivity contribution is 6.00. The van der Waals surface area contributed by atoms with Gasteiger partial charge in [-0.3, -0.25) is 34.0 Å². The maximum atomic E-state index is 12.4. The molecular weight excluding hydrogens is 604 g/mol. The number of aliphatic imine (C=N–C) groups is 2. The van der Waals surface area contributed by atoms with Gasteiger partial charge in [-0.2, -0.15) is 5.10 Å². The number of hydrogen-bond donors (Lipinski definition) is 3. The molecule has 3 N–H and O–H groups in total. The molecule has 0 aliphatic carbocycles. The lowest BCUT2D eigenvalue weighted by Gasteiger charge is -2.25. The van der Waals surface area contributed by atoms with E-state index in [2.05, 4.69) is 49.8 Å². The van der Waals surface area contributed by atoms with E-state index in [1.807, 2.05) is 71.4 Å². The van der Waals surface area contributed by atoms with Crippen LogP contribution in [0.1, 0.15) is 109 Å². The van der Waals surface area contributed by atoms with Gasteiger partial charge in [0.05, 0.1) is 36.1 Å². The summed E-state index contributed by atoms with van der Waals surface area (Å²) in [4.78, 5) is 46.9. The fraction of sp³-hybridized carbons (Fsp3) is 0.514. The van der Waals surface area contributed by atoms with Crippen molar-refractivity contribution in [2.45, 2.75) is 99.1 Å². The van der Waals surface area contributed by atoms with Crippen molar-refractivity contribution in [2.24, 2.45) is 9.98 Å². The van der Waals surface area contributed by atoms with Crippen LogP contribution >= 0.6 is 0 Å². The summed E-state index contributed by atoms with van der Waals surface area (Å²) in [7, 11) is 0. The Kier molecular flexibility index (Phi) is 15.4. The van der Waals surface area contributed by atoms with Crippen molar-refractivity contribution in [2.75, 3.05) is 26.2 Å². The minimum Gasteiger partial charge on any atom is -0.349 e. The third kappa shape index (κ3) is 11.4. The normalized spacial score (nSPS) is 23.3. The molecule has 4 rings (SSSR count). The molecule has 3 amide bonds. The van der Waals surface area contributed by atoms with E-state index in [4.69, 9.17) is 0 Å². The zero-order valence-corrected chi connectivity index (χ0v) is 29.8. The molecular formula is C37H54N8O3. The Morgan fingerprint density at radius 1 is 1.10 bits per heavy atom. The molecule has 1 aromatic rings. The summed E-state index contributed by atoms with van der Waals surface area (Å²) in [6.07, 6.45) is 20.3. The summed E-state index contributed by atoms with van der Waals surface area (Å²) < 4.78 is 1.79. The number of piperidine rings is 1. The number of hydrogen-bond acceptors (Lipinski definition) is 7. The lowest BCUT2D eigenvalue weighted by molar-refractivity contribution is -0.121. The van der Waals surface area contributed by atoms with Gasteiger partial charge < -0.3 is 16.0 Å². The monoisotopic (exact) mass is 658 g/mol. The van der Waals surface area contributed by atoms with Crippen molar-refractivity contribution in [3.8, 4) is 0 Å². The van der Waals surface area contributed by atoms with Crippen LogP contribution in [-0.4, -0.2) is 77.6 Å². The van der Waals surface area contributed by atoms with Crippen LogP contribution in [0.5, 0.6) is 0 Å². The van der Waals surface area contributed by atoms with E-state index < -0.39 is 0 Å². The highest BCUT2D eigenvalue weighted by Gasteiger charge is 2.28. The van der Waals surface area contributed by atoms with Crippen LogP contribution in [0.2, 0.25) is 0 Å². The Labute approximate surface area is 286 Å². The lowest BCUT2D eigenvalue weighted by atomic mass is 10.1. The molecule has 1 saturated heterocycles. The molecule has 2 unspecified atom stereocenters. The maximum absolute atomic E-state index is 12.4. The third-order valence-corrected chi connectivity index (χ3v) is 8.41. The topological polar surface area (TPSA) is 133 Å². The predicted molar refractivity (Wildman–Crippen MR) is 195 cm³/mol. The van der Waals surface area contributed by atoms with E-state index in [1.165, 1.54) is 6.42 Å². The molecule has 11 nitrogen and oxygen atoms in total. The van der Waals surface area contributed by atoms with Crippen LogP contribution in [0, 0.1) is 0 Å². The summed E-state index contributed by atoms with van der Waals surface area (Å²) >= 11 is 0. The number of fused-ring (bicyclic) bond motifs is 1. The standard InChI is InChI=1S/C19H31N3O2.C18H23N5O/c1-4-5-7-10-17(13-18(16(2)3)20-15-23)21-19(24)14-22-11-8-6-9-12-22;1-5-14-6-16(20-8-12(3)11(2)7-19-14)15-10-22-23-13(4)9-21-18(24)17(15)23/h7,10,13,15H,4-6,8-9,11-12,14H2,1-3H3,(H,20,23)(H,21,24);6-8,10,13-14H,5,9H2,1-4H3,(H,21,24)/b10-7+,17-13+;12-11+,16-6-,19-7?,20-8-. The number of likely N-dealkylation sites (tertiary alicyclic amines) is 1. The maximum Gasteiger partial charge on any atom is 0.270 e. The molecule has 0 radical (unpaired) electrons. The summed E-state index contributed by atoms with van der Waals surface area (Å²) in [6, 6.07) is 0.161. The second-order valence-electron chi connectivity index (χ2n) is 12.7. The van der Waals surface area contributed by atoms with Gasteiger partial charge in [-0.1, -0.05) is 38.3 Å². The van der Waals surface area contributed by atoms with E-state index in [0.29, 0.717) is 36.6 Å². The highest BCUT2D eigenvalue weighted by atomic mass is 16.2.